The molecule has 4 heteroatoms. The topological polar surface area (TPSA) is 49.8 Å². The molecule has 1 N–H and O–H groups in total. The molecule has 0 amide bonds. The van der Waals surface area contributed by atoms with Gasteiger partial charge in [0.1, 0.15) is 0 Å². The van der Waals surface area contributed by atoms with E-state index in [2.05, 4.69) is 11.9 Å². The molecule has 0 aliphatic carbocycles. The summed E-state index contributed by atoms with van der Waals surface area (Å²) in [6.45, 7) is 2.65. The van der Waals surface area contributed by atoms with E-state index in [1.165, 1.54) is 12.8 Å². The van der Waals surface area contributed by atoms with Crippen LogP contribution in [0.5, 0.6) is 0 Å². The fourth-order valence-corrected chi connectivity index (χ4v) is 2.65. The van der Waals surface area contributed by atoms with Crippen LogP contribution in [-0.2, 0) is 11.2 Å². The Balaban J connectivity index is 1.83. The molecule has 0 aromatic heterocycles. The summed E-state index contributed by atoms with van der Waals surface area (Å²) in [5.74, 6) is -0.848. The lowest BCUT2D eigenvalue weighted by Crippen LogP contribution is -2.34. The number of hydrogen-bond donors (Lipinski definition) is 1. The van der Waals surface area contributed by atoms with Crippen molar-refractivity contribution in [1.82, 2.24) is 4.90 Å². The number of hydrogen-bond acceptors (Lipinski definition) is 3. The third-order valence-electron chi connectivity index (χ3n) is 3.80. The number of likely N-dealkylation sites (N-methyl/N-ethyl adjacent to an activating group) is 1. The molecule has 1 atom stereocenters. The van der Waals surface area contributed by atoms with Crippen LogP contribution in [0.3, 0.4) is 0 Å². The van der Waals surface area contributed by atoms with Crippen LogP contribution < -0.4 is 0 Å². The highest BCUT2D eigenvalue weighted by Crippen LogP contribution is 2.14. The highest BCUT2D eigenvalue weighted by molar-refractivity contribution is 5.89. The zero-order chi connectivity index (χ0) is 14.4. The summed E-state index contributed by atoms with van der Waals surface area (Å²) in [7, 11) is 2.07. The maximum Gasteiger partial charge on any atom is 0.335 e. The standard InChI is InChI=1S/C16H23NO3/c1-17(12-14-7-4-5-11-20-14)10-9-13-6-2-3-8-15(13)16(18)19/h2-3,6,8,14H,4-5,7,9-12H2,1H3,(H,18,19). The second kappa shape index (κ2) is 7.41. The molecule has 1 unspecified atom stereocenters. The summed E-state index contributed by atoms with van der Waals surface area (Å²) >= 11 is 0. The molecule has 0 radical (unpaired) electrons. The Kier molecular flexibility index (Phi) is 5.56. The third-order valence-corrected chi connectivity index (χ3v) is 3.80. The van der Waals surface area contributed by atoms with Crippen LogP contribution in [0.4, 0.5) is 0 Å². The number of carbonyl (C=O) groups is 1. The van der Waals surface area contributed by atoms with Crippen molar-refractivity contribution in [3.63, 3.8) is 0 Å². The summed E-state index contributed by atoms with van der Waals surface area (Å²) in [4.78, 5) is 13.4. The average molecular weight is 277 g/mol. The summed E-state index contributed by atoms with van der Waals surface area (Å²) in [6.07, 6.45) is 4.65. The van der Waals surface area contributed by atoms with Crippen molar-refractivity contribution in [3.8, 4) is 0 Å². The highest BCUT2D eigenvalue weighted by Gasteiger charge is 2.16. The van der Waals surface area contributed by atoms with Crippen LogP contribution in [0.2, 0.25) is 0 Å². The molecular formula is C16H23NO3. The van der Waals surface area contributed by atoms with Crippen LogP contribution >= 0.6 is 0 Å². The number of carboxylic acid groups (broad SMARTS) is 1. The summed E-state index contributed by atoms with van der Waals surface area (Å²) < 4.78 is 5.73. The van der Waals surface area contributed by atoms with E-state index in [1.54, 1.807) is 12.1 Å². The normalized spacial score (nSPS) is 19.2. The van der Waals surface area contributed by atoms with Crippen molar-refractivity contribution >= 4 is 5.97 Å². The highest BCUT2D eigenvalue weighted by atomic mass is 16.5. The molecule has 4 nitrogen and oxygen atoms in total. The van der Waals surface area contributed by atoms with Crippen molar-refractivity contribution in [2.75, 3.05) is 26.7 Å². The minimum absolute atomic E-state index is 0.337. The second-order valence-corrected chi connectivity index (χ2v) is 5.46. The van der Waals surface area contributed by atoms with Gasteiger partial charge in [-0.3, -0.25) is 0 Å². The van der Waals surface area contributed by atoms with E-state index >= 15 is 0 Å². The van der Waals surface area contributed by atoms with Crippen LogP contribution in [0.1, 0.15) is 35.2 Å². The summed E-state index contributed by atoms with van der Waals surface area (Å²) in [6, 6.07) is 7.23. The predicted molar refractivity (Wildman–Crippen MR) is 78.2 cm³/mol. The quantitative estimate of drug-likeness (QED) is 0.867. The van der Waals surface area contributed by atoms with Gasteiger partial charge in [-0.15, -0.1) is 0 Å². The first-order valence-corrected chi connectivity index (χ1v) is 7.28. The zero-order valence-electron chi connectivity index (χ0n) is 12.0. The molecule has 1 heterocycles. The van der Waals surface area contributed by atoms with Gasteiger partial charge >= 0.3 is 5.97 Å². The fourth-order valence-electron chi connectivity index (χ4n) is 2.65. The lowest BCUT2D eigenvalue weighted by Gasteiger charge is -2.27. The zero-order valence-corrected chi connectivity index (χ0v) is 12.0. The third kappa shape index (κ3) is 4.32. The molecule has 1 saturated heterocycles. The average Bonchev–Trinajstić information content (AvgIpc) is 2.46. The van der Waals surface area contributed by atoms with E-state index in [-0.39, 0.29) is 0 Å². The van der Waals surface area contributed by atoms with Crippen molar-refractivity contribution in [1.29, 1.82) is 0 Å². The molecule has 1 aliphatic rings. The lowest BCUT2D eigenvalue weighted by atomic mass is 10.0. The van der Waals surface area contributed by atoms with Crippen molar-refractivity contribution in [2.24, 2.45) is 0 Å². The van der Waals surface area contributed by atoms with Gasteiger partial charge in [0.2, 0.25) is 0 Å². The molecular weight excluding hydrogens is 254 g/mol. The predicted octanol–water partition coefficient (Wildman–Crippen LogP) is 2.43. The van der Waals surface area contributed by atoms with E-state index in [9.17, 15) is 4.79 Å². The first-order valence-electron chi connectivity index (χ1n) is 7.28. The molecule has 0 spiro atoms. The molecule has 1 aliphatic heterocycles. The second-order valence-electron chi connectivity index (χ2n) is 5.46. The van der Waals surface area contributed by atoms with Crippen molar-refractivity contribution < 1.29 is 14.6 Å². The lowest BCUT2D eigenvalue weighted by molar-refractivity contribution is -0.00126. The molecule has 2 rings (SSSR count). The van der Waals surface area contributed by atoms with Gasteiger partial charge < -0.3 is 14.7 Å². The molecule has 0 bridgehead atoms. The Bertz CT molecular complexity index is 441. The Hall–Kier alpha value is -1.39. The van der Waals surface area contributed by atoms with Gasteiger partial charge in [0.25, 0.3) is 0 Å². The van der Waals surface area contributed by atoms with Crippen molar-refractivity contribution in [3.05, 3.63) is 35.4 Å². The first-order chi connectivity index (χ1) is 9.66. The number of benzene rings is 1. The van der Waals surface area contributed by atoms with E-state index in [0.29, 0.717) is 11.7 Å². The van der Waals surface area contributed by atoms with Crippen LogP contribution in [-0.4, -0.2) is 48.8 Å². The van der Waals surface area contributed by atoms with Gasteiger partial charge in [0, 0.05) is 19.7 Å². The molecule has 0 saturated carbocycles. The SMILES string of the molecule is CN(CCc1ccccc1C(=O)O)CC1CCCCO1. The van der Waals surface area contributed by atoms with E-state index in [0.717, 1.165) is 38.1 Å². The first kappa shape index (κ1) is 15.0. The van der Waals surface area contributed by atoms with E-state index in [4.69, 9.17) is 9.84 Å². The maximum absolute atomic E-state index is 11.1. The van der Waals surface area contributed by atoms with Gasteiger partial charge in [-0.05, 0) is 44.4 Å². The monoisotopic (exact) mass is 277 g/mol. The van der Waals surface area contributed by atoms with Gasteiger partial charge in [-0.25, -0.2) is 4.79 Å². The maximum atomic E-state index is 11.1. The van der Waals surface area contributed by atoms with E-state index in [1.807, 2.05) is 12.1 Å². The Morgan fingerprint density at radius 1 is 1.40 bits per heavy atom. The molecule has 20 heavy (non-hydrogen) atoms. The number of ether oxygens (including phenoxy) is 1. The number of carboxylic acids is 1. The van der Waals surface area contributed by atoms with Crippen LogP contribution in [0.15, 0.2) is 24.3 Å². The molecule has 110 valence electrons. The fraction of sp³-hybridized carbons (Fsp3) is 0.562. The minimum atomic E-state index is -0.848. The van der Waals surface area contributed by atoms with Gasteiger partial charge in [-0.2, -0.15) is 0 Å². The largest absolute Gasteiger partial charge is 0.478 e. The van der Waals surface area contributed by atoms with Crippen LogP contribution in [0, 0.1) is 0 Å². The Morgan fingerprint density at radius 2 is 2.20 bits per heavy atom. The van der Waals surface area contributed by atoms with Gasteiger partial charge in [0.05, 0.1) is 11.7 Å². The minimum Gasteiger partial charge on any atom is -0.478 e. The Morgan fingerprint density at radius 3 is 2.90 bits per heavy atom. The molecule has 1 aromatic rings. The number of nitrogens with zero attached hydrogens (tertiary/aromatic N) is 1. The van der Waals surface area contributed by atoms with E-state index < -0.39 is 5.97 Å². The number of rotatable bonds is 6. The molecule has 1 aromatic carbocycles. The number of aromatic carboxylic acids is 1. The van der Waals surface area contributed by atoms with Gasteiger partial charge in [0.15, 0.2) is 0 Å². The van der Waals surface area contributed by atoms with Gasteiger partial charge in [-0.1, -0.05) is 18.2 Å². The van der Waals surface area contributed by atoms with Crippen LogP contribution in [0.25, 0.3) is 0 Å². The van der Waals surface area contributed by atoms with Crippen molar-refractivity contribution in [2.45, 2.75) is 31.8 Å². The Labute approximate surface area is 120 Å². The smallest absolute Gasteiger partial charge is 0.335 e. The summed E-state index contributed by atoms with van der Waals surface area (Å²) in [5.41, 5.74) is 1.31. The molecule has 1 fully saturated rings. The summed E-state index contributed by atoms with van der Waals surface area (Å²) in [5, 5.41) is 9.16.